The van der Waals surface area contributed by atoms with Crippen LogP contribution in [0.5, 0.6) is 0 Å². The van der Waals surface area contributed by atoms with Gasteiger partial charge in [0.25, 0.3) is 0 Å². The fourth-order valence-electron chi connectivity index (χ4n) is 3.77. The molecule has 34 heavy (non-hydrogen) atoms. The molecule has 178 valence electrons. The molecule has 0 saturated carbocycles. The van der Waals surface area contributed by atoms with Gasteiger partial charge in [-0.25, -0.2) is 4.39 Å². The average Bonchev–Trinajstić information content (AvgIpc) is 2.83. The van der Waals surface area contributed by atoms with Crippen molar-refractivity contribution in [1.82, 2.24) is 10.2 Å². The summed E-state index contributed by atoms with van der Waals surface area (Å²) in [7, 11) is 0. The van der Waals surface area contributed by atoms with E-state index in [0.717, 1.165) is 22.3 Å². The molecule has 3 aromatic carbocycles. The summed E-state index contributed by atoms with van der Waals surface area (Å²) in [4.78, 5) is 28.3. The van der Waals surface area contributed by atoms with Gasteiger partial charge in [-0.3, -0.25) is 9.59 Å². The normalized spacial score (nSPS) is 11.6. The topological polar surface area (TPSA) is 49.4 Å². The van der Waals surface area contributed by atoms with E-state index in [2.05, 4.69) is 5.32 Å². The second-order valence-electron chi connectivity index (χ2n) is 8.23. The molecule has 3 aromatic rings. The van der Waals surface area contributed by atoms with Gasteiger partial charge in [-0.2, -0.15) is 0 Å². The molecule has 4 nitrogen and oxygen atoms in total. The highest BCUT2D eigenvalue weighted by atomic mass is 32.2. The Bertz CT molecular complexity index is 1070. The molecule has 0 bridgehead atoms. The summed E-state index contributed by atoms with van der Waals surface area (Å²) < 4.78 is 13.2. The molecule has 0 radical (unpaired) electrons. The summed E-state index contributed by atoms with van der Waals surface area (Å²) in [6, 6.07) is 23.5. The van der Waals surface area contributed by atoms with Crippen LogP contribution >= 0.6 is 11.8 Å². The Hall–Kier alpha value is -3.12. The van der Waals surface area contributed by atoms with Crippen molar-refractivity contribution < 1.29 is 14.0 Å². The molecule has 0 aromatic heterocycles. The first-order chi connectivity index (χ1) is 16.5. The first kappa shape index (κ1) is 25.5. The van der Waals surface area contributed by atoms with Gasteiger partial charge in [0.2, 0.25) is 11.8 Å². The fourth-order valence-corrected chi connectivity index (χ4v) is 4.64. The number of benzene rings is 3. The van der Waals surface area contributed by atoms with E-state index < -0.39 is 6.04 Å². The third-order valence-corrected chi connectivity index (χ3v) is 6.45. The van der Waals surface area contributed by atoms with Gasteiger partial charge in [0.15, 0.2) is 0 Å². The summed E-state index contributed by atoms with van der Waals surface area (Å²) in [6.07, 6.45) is 0.437. The molecule has 1 N–H and O–H groups in total. The molecule has 0 aliphatic rings. The lowest BCUT2D eigenvalue weighted by atomic mass is 10.0. The van der Waals surface area contributed by atoms with Gasteiger partial charge >= 0.3 is 0 Å². The van der Waals surface area contributed by atoms with E-state index in [4.69, 9.17) is 0 Å². The molecule has 6 heteroatoms. The number of likely N-dealkylation sites (N-methyl/N-ethyl adjacent to an activating group) is 1. The van der Waals surface area contributed by atoms with E-state index in [0.29, 0.717) is 25.3 Å². The monoisotopic (exact) mass is 478 g/mol. The Labute approximate surface area is 205 Å². The van der Waals surface area contributed by atoms with Crippen LogP contribution in [0.3, 0.4) is 0 Å². The van der Waals surface area contributed by atoms with Crippen molar-refractivity contribution in [2.75, 3.05) is 12.3 Å². The zero-order valence-electron chi connectivity index (χ0n) is 19.7. The second kappa shape index (κ2) is 12.9. The van der Waals surface area contributed by atoms with Crippen molar-refractivity contribution in [3.8, 4) is 0 Å². The third kappa shape index (κ3) is 7.73. The molecule has 0 spiro atoms. The van der Waals surface area contributed by atoms with Gasteiger partial charge in [0, 0.05) is 25.3 Å². The number of halogens is 1. The van der Waals surface area contributed by atoms with Gasteiger partial charge in [-0.1, -0.05) is 72.3 Å². The van der Waals surface area contributed by atoms with Gasteiger partial charge in [-0.05, 0) is 42.7 Å². The van der Waals surface area contributed by atoms with E-state index in [9.17, 15) is 14.0 Å². The number of amides is 2. The number of carbonyl (C=O) groups is 2. The van der Waals surface area contributed by atoms with Crippen LogP contribution in [0.25, 0.3) is 0 Å². The third-order valence-electron chi connectivity index (χ3n) is 5.47. The second-order valence-corrected chi connectivity index (χ2v) is 9.22. The van der Waals surface area contributed by atoms with Crippen molar-refractivity contribution in [2.24, 2.45) is 0 Å². The highest BCUT2D eigenvalue weighted by Crippen LogP contribution is 2.19. The van der Waals surface area contributed by atoms with E-state index in [-0.39, 0.29) is 23.4 Å². The number of nitrogens with zero attached hydrogens (tertiary/aromatic N) is 1. The number of carbonyl (C=O) groups excluding carboxylic acids is 2. The number of hydrogen-bond donors (Lipinski definition) is 1. The lowest BCUT2D eigenvalue weighted by Gasteiger charge is -2.31. The number of thioether (sulfide) groups is 1. The molecule has 2 amide bonds. The van der Waals surface area contributed by atoms with Crippen molar-refractivity contribution in [2.45, 2.75) is 38.6 Å². The number of nitrogens with one attached hydrogen (secondary N) is 1. The highest BCUT2D eigenvalue weighted by molar-refractivity contribution is 7.99. The lowest BCUT2D eigenvalue weighted by Crippen LogP contribution is -2.51. The van der Waals surface area contributed by atoms with Crippen LogP contribution in [0, 0.1) is 12.7 Å². The van der Waals surface area contributed by atoms with Gasteiger partial charge in [-0.15, -0.1) is 11.8 Å². The maximum absolute atomic E-state index is 13.5. The van der Waals surface area contributed by atoms with Crippen LogP contribution in [0.2, 0.25) is 0 Å². The number of hydrogen-bond acceptors (Lipinski definition) is 3. The fraction of sp³-hybridized carbons (Fsp3) is 0.286. The van der Waals surface area contributed by atoms with Crippen LogP contribution in [-0.4, -0.2) is 35.1 Å². The van der Waals surface area contributed by atoms with E-state index in [1.54, 1.807) is 17.0 Å². The summed E-state index contributed by atoms with van der Waals surface area (Å²) in [5, 5.41) is 2.91. The number of aryl methyl sites for hydroxylation is 1. The minimum Gasteiger partial charge on any atom is -0.355 e. The van der Waals surface area contributed by atoms with Crippen molar-refractivity contribution in [3.05, 3.63) is 107 Å². The Morgan fingerprint density at radius 2 is 1.65 bits per heavy atom. The zero-order valence-corrected chi connectivity index (χ0v) is 20.5. The zero-order chi connectivity index (χ0) is 24.3. The molecular formula is C28H31FN2O2S. The quantitative estimate of drug-likeness (QED) is 0.415. The van der Waals surface area contributed by atoms with E-state index in [1.807, 2.05) is 68.4 Å². The van der Waals surface area contributed by atoms with Crippen LogP contribution in [0.4, 0.5) is 4.39 Å². The predicted molar refractivity (Wildman–Crippen MR) is 137 cm³/mol. The molecule has 1 atom stereocenters. The van der Waals surface area contributed by atoms with Crippen molar-refractivity contribution in [3.63, 3.8) is 0 Å². The van der Waals surface area contributed by atoms with Crippen molar-refractivity contribution >= 4 is 23.6 Å². The molecule has 0 aliphatic carbocycles. The SMILES string of the molecule is CCNC(=O)[C@H](Cc1ccccc1)N(Cc1cccc(C)c1)C(=O)CSCc1ccc(F)cc1. The van der Waals surface area contributed by atoms with Gasteiger partial charge < -0.3 is 10.2 Å². The Kier molecular flexibility index (Phi) is 9.71. The van der Waals surface area contributed by atoms with E-state index >= 15 is 0 Å². The maximum atomic E-state index is 13.5. The molecule has 3 rings (SSSR count). The molecule has 0 unspecified atom stereocenters. The maximum Gasteiger partial charge on any atom is 0.243 e. The first-order valence-corrected chi connectivity index (χ1v) is 12.6. The van der Waals surface area contributed by atoms with Crippen molar-refractivity contribution in [1.29, 1.82) is 0 Å². The van der Waals surface area contributed by atoms with E-state index in [1.165, 1.54) is 23.9 Å². The standard InChI is InChI=1S/C28H31FN2O2S/c1-3-30-28(33)26(17-22-9-5-4-6-10-22)31(18-24-11-7-8-21(2)16-24)27(32)20-34-19-23-12-14-25(29)15-13-23/h4-16,26H,3,17-20H2,1-2H3,(H,30,33)/t26-/m0/s1. The Morgan fingerprint density at radius 3 is 2.32 bits per heavy atom. The molecular weight excluding hydrogens is 447 g/mol. The first-order valence-electron chi connectivity index (χ1n) is 11.4. The lowest BCUT2D eigenvalue weighted by molar-refractivity contribution is -0.139. The van der Waals surface area contributed by atoms with Crippen LogP contribution in [-0.2, 0) is 28.3 Å². The minimum atomic E-state index is -0.623. The Balaban J connectivity index is 1.81. The number of rotatable bonds is 11. The van der Waals surface area contributed by atoms with Crippen LogP contribution in [0.15, 0.2) is 78.9 Å². The molecule has 0 saturated heterocycles. The largest absolute Gasteiger partial charge is 0.355 e. The van der Waals surface area contributed by atoms with Crippen LogP contribution in [0.1, 0.15) is 29.2 Å². The smallest absolute Gasteiger partial charge is 0.243 e. The molecule has 0 fully saturated rings. The summed E-state index contributed by atoms with van der Waals surface area (Å²) in [5.41, 5.74) is 4.04. The highest BCUT2D eigenvalue weighted by Gasteiger charge is 2.30. The van der Waals surface area contributed by atoms with Gasteiger partial charge in [0.05, 0.1) is 5.75 Å². The Morgan fingerprint density at radius 1 is 0.941 bits per heavy atom. The molecule has 0 aliphatic heterocycles. The summed E-state index contributed by atoms with van der Waals surface area (Å²) in [6.45, 7) is 4.74. The average molecular weight is 479 g/mol. The van der Waals surface area contributed by atoms with Crippen LogP contribution < -0.4 is 5.32 Å². The molecule has 0 heterocycles. The summed E-state index contributed by atoms with van der Waals surface area (Å²) >= 11 is 1.47. The van der Waals surface area contributed by atoms with Gasteiger partial charge in [0.1, 0.15) is 11.9 Å². The minimum absolute atomic E-state index is 0.0965. The predicted octanol–water partition coefficient (Wildman–Crippen LogP) is 5.14. The summed E-state index contributed by atoms with van der Waals surface area (Å²) in [5.74, 6) is 0.291.